The van der Waals surface area contributed by atoms with E-state index >= 15 is 0 Å². The molecule has 128 valence electrons. The van der Waals surface area contributed by atoms with Crippen LogP contribution in [0.5, 0.6) is 0 Å². The molecule has 0 atom stereocenters. The summed E-state index contributed by atoms with van der Waals surface area (Å²) in [5.74, 6) is -0.257. The van der Waals surface area contributed by atoms with Gasteiger partial charge in [0.15, 0.2) is 0 Å². The molecule has 0 unspecified atom stereocenters. The molecule has 0 heterocycles. The summed E-state index contributed by atoms with van der Waals surface area (Å²) in [7, 11) is -0.549. The van der Waals surface area contributed by atoms with E-state index in [-0.39, 0.29) is 10.8 Å². The van der Waals surface area contributed by atoms with Gasteiger partial charge in [0.1, 0.15) is 0 Å². The van der Waals surface area contributed by atoms with Crippen LogP contribution in [-0.4, -0.2) is 32.7 Å². The largest absolute Gasteiger partial charge is 0.321 e. The summed E-state index contributed by atoms with van der Waals surface area (Å²) in [4.78, 5) is 12.6. The number of aryl methyl sites for hydroxylation is 2. The maximum absolute atomic E-state index is 12.5. The summed E-state index contributed by atoms with van der Waals surface area (Å²) in [5, 5.41) is 2.93. The highest BCUT2D eigenvalue weighted by molar-refractivity contribution is 7.89. The highest BCUT2D eigenvalue weighted by Crippen LogP contribution is 2.22. The zero-order valence-corrected chi connectivity index (χ0v) is 15.1. The first-order chi connectivity index (χ1) is 11.3. The van der Waals surface area contributed by atoms with Gasteiger partial charge in [-0.3, -0.25) is 4.79 Å². The summed E-state index contributed by atoms with van der Waals surface area (Å²) in [6.45, 7) is 3.98. The molecule has 24 heavy (non-hydrogen) atoms. The highest BCUT2D eigenvalue weighted by Gasteiger charge is 2.18. The standard InChI is InChI=1S/C18H22N2O3S/c1-5-14-8-6-7-13(2)17(14)19-18(21)15-9-11-16(12-10-15)24(22,23)20(3)4/h6-12H,5H2,1-4H3,(H,19,21). The van der Waals surface area contributed by atoms with Crippen molar-refractivity contribution in [2.45, 2.75) is 25.2 Å². The predicted molar refractivity (Wildman–Crippen MR) is 95.8 cm³/mol. The number of benzene rings is 2. The molecule has 6 heteroatoms. The van der Waals surface area contributed by atoms with Crippen LogP contribution in [0, 0.1) is 6.92 Å². The minimum absolute atomic E-state index is 0.161. The number of sulfonamides is 1. The van der Waals surface area contributed by atoms with Crippen LogP contribution in [0.1, 0.15) is 28.4 Å². The summed E-state index contributed by atoms with van der Waals surface area (Å²) < 4.78 is 25.3. The molecule has 0 saturated carbocycles. The highest BCUT2D eigenvalue weighted by atomic mass is 32.2. The Hall–Kier alpha value is -2.18. The van der Waals surface area contributed by atoms with Gasteiger partial charge in [-0.1, -0.05) is 25.1 Å². The molecule has 0 aliphatic heterocycles. The number of para-hydroxylation sites is 1. The van der Waals surface area contributed by atoms with E-state index in [1.807, 2.05) is 32.0 Å². The van der Waals surface area contributed by atoms with Crippen molar-refractivity contribution >= 4 is 21.6 Å². The summed E-state index contributed by atoms with van der Waals surface area (Å²) >= 11 is 0. The summed E-state index contributed by atoms with van der Waals surface area (Å²) in [6.07, 6.45) is 0.817. The van der Waals surface area contributed by atoms with Crippen molar-refractivity contribution in [1.82, 2.24) is 4.31 Å². The quantitative estimate of drug-likeness (QED) is 0.905. The second-order valence-electron chi connectivity index (χ2n) is 5.73. The molecule has 0 saturated heterocycles. The van der Waals surface area contributed by atoms with Crippen molar-refractivity contribution in [1.29, 1.82) is 0 Å². The van der Waals surface area contributed by atoms with Gasteiger partial charge in [0.05, 0.1) is 4.90 Å². The minimum Gasteiger partial charge on any atom is -0.321 e. The van der Waals surface area contributed by atoms with E-state index < -0.39 is 10.0 Å². The molecule has 1 N–H and O–H groups in total. The molecule has 1 amide bonds. The molecule has 0 radical (unpaired) electrons. The third-order valence-corrected chi connectivity index (χ3v) is 5.70. The smallest absolute Gasteiger partial charge is 0.255 e. The zero-order chi connectivity index (χ0) is 17.9. The Morgan fingerprint density at radius 1 is 1.08 bits per heavy atom. The molecule has 0 aliphatic rings. The number of carbonyl (C=O) groups excluding carboxylic acids is 1. The Morgan fingerprint density at radius 3 is 2.25 bits per heavy atom. The average molecular weight is 346 g/mol. The molecule has 2 rings (SSSR count). The van der Waals surface area contributed by atoms with Crippen LogP contribution in [0.3, 0.4) is 0 Å². The molecule has 0 spiro atoms. The average Bonchev–Trinajstić information content (AvgIpc) is 2.56. The molecule has 2 aromatic rings. The predicted octanol–water partition coefficient (Wildman–Crippen LogP) is 3.06. The van der Waals surface area contributed by atoms with Crippen LogP contribution in [-0.2, 0) is 16.4 Å². The molecule has 2 aromatic carbocycles. The SMILES string of the molecule is CCc1cccc(C)c1NC(=O)c1ccc(S(=O)(=O)N(C)C)cc1. The molecule has 5 nitrogen and oxygen atoms in total. The Morgan fingerprint density at radius 2 is 1.71 bits per heavy atom. The fourth-order valence-electron chi connectivity index (χ4n) is 2.38. The maximum Gasteiger partial charge on any atom is 0.255 e. The third kappa shape index (κ3) is 3.66. The van der Waals surface area contributed by atoms with E-state index in [4.69, 9.17) is 0 Å². The first kappa shape index (κ1) is 18.2. The van der Waals surface area contributed by atoms with Crippen LogP contribution < -0.4 is 5.32 Å². The number of carbonyl (C=O) groups is 1. The van der Waals surface area contributed by atoms with E-state index in [1.165, 1.54) is 38.4 Å². The fraction of sp³-hybridized carbons (Fsp3) is 0.278. The van der Waals surface area contributed by atoms with E-state index in [0.717, 1.165) is 27.5 Å². The first-order valence-electron chi connectivity index (χ1n) is 7.69. The normalized spacial score (nSPS) is 11.5. The molecular weight excluding hydrogens is 324 g/mol. The number of rotatable bonds is 5. The number of nitrogens with zero attached hydrogens (tertiary/aromatic N) is 1. The van der Waals surface area contributed by atoms with Crippen LogP contribution in [0.4, 0.5) is 5.69 Å². The van der Waals surface area contributed by atoms with Crippen molar-refractivity contribution < 1.29 is 13.2 Å². The summed E-state index contributed by atoms with van der Waals surface area (Å²) in [6, 6.07) is 11.8. The lowest BCUT2D eigenvalue weighted by Gasteiger charge is -2.14. The zero-order valence-electron chi connectivity index (χ0n) is 14.3. The van der Waals surface area contributed by atoms with Gasteiger partial charge in [-0.2, -0.15) is 0 Å². The maximum atomic E-state index is 12.5. The molecule has 0 aliphatic carbocycles. The van der Waals surface area contributed by atoms with E-state index in [0.29, 0.717) is 5.56 Å². The van der Waals surface area contributed by atoms with Crippen LogP contribution in [0.15, 0.2) is 47.4 Å². The van der Waals surface area contributed by atoms with Gasteiger partial charge in [0.25, 0.3) is 5.91 Å². The molecule has 0 fully saturated rings. The van der Waals surface area contributed by atoms with Gasteiger partial charge in [-0.15, -0.1) is 0 Å². The molecule has 0 bridgehead atoms. The lowest BCUT2D eigenvalue weighted by molar-refractivity contribution is 0.102. The first-order valence-corrected chi connectivity index (χ1v) is 9.13. The number of hydrogen-bond donors (Lipinski definition) is 1. The van der Waals surface area contributed by atoms with Gasteiger partial charge >= 0.3 is 0 Å². The Kier molecular flexibility index (Phi) is 5.41. The Labute approximate surface area is 143 Å². The Balaban J connectivity index is 2.26. The van der Waals surface area contributed by atoms with Crippen molar-refractivity contribution in [2.75, 3.05) is 19.4 Å². The van der Waals surface area contributed by atoms with Gasteiger partial charge in [-0.25, -0.2) is 12.7 Å². The van der Waals surface area contributed by atoms with Gasteiger partial charge in [0, 0.05) is 25.3 Å². The van der Waals surface area contributed by atoms with Crippen LogP contribution >= 0.6 is 0 Å². The van der Waals surface area contributed by atoms with Gasteiger partial charge < -0.3 is 5.32 Å². The lowest BCUT2D eigenvalue weighted by Crippen LogP contribution is -2.22. The van der Waals surface area contributed by atoms with Crippen molar-refractivity contribution in [2.24, 2.45) is 0 Å². The number of anilines is 1. The van der Waals surface area contributed by atoms with Crippen LogP contribution in [0.2, 0.25) is 0 Å². The number of hydrogen-bond acceptors (Lipinski definition) is 3. The van der Waals surface area contributed by atoms with E-state index in [9.17, 15) is 13.2 Å². The molecular formula is C18H22N2O3S. The van der Waals surface area contributed by atoms with E-state index in [2.05, 4.69) is 5.32 Å². The van der Waals surface area contributed by atoms with Crippen molar-refractivity contribution in [3.05, 3.63) is 59.2 Å². The van der Waals surface area contributed by atoms with Crippen molar-refractivity contribution in [3.8, 4) is 0 Å². The van der Waals surface area contributed by atoms with E-state index in [1.54, 1.807) is 0 Å². The number of nitrogens with one attached hydrogen (secondary N) is 1. The van der Waals surface area contributed by atoms with Crippen LogP contribution in [0.25, 0.3) is 0 Å². The lowest BCUT2D eigenvalue weighted by atomic mass is 10.1. The van der Waals surface area contributed by atoms with Crippen molar-refractivity contribution in [3.63, 3.8) is 0 Å². The monoisotopic (exact) mass is 346 g/mol. The molecule has 0 aromatic heterocycles. The van der Waals surface area contributed by atoms with Gasteiger partial charge in [-0.05, 0) is 48.7 Å². The topological polar surface area (TPSA) is 66.5 Å². The Bertz CT molecular complexity index is 841. The fourth-order valence-corrected chi connectivity index (χ4v) is 3.28. The minimum atomic E-state index is -3.49. The number of amides is 1. The second kappa shape index (κ2) is 7.15. The summed E-state index contributed by atoms with van der Waals surface area (Å²) in [5.41, 5.74) is 3.29. The third-order valence-electron chi connectivity index (χ3n) is 3.87. The second-order valence-corrected chi connectivity index (χ2v) is 7.88. The van der Waals surface area contributed by atoms with Gasteiger partial charge in [0.2, 0.25) is 10.0 Å².